The Labute approximate surface area is 119 Å². The van der Waals surface area contributed by atoms with E-state index >= 15 is 0 Å². The monoisotopic (exact) mass is 282 g/mol. The van der Waals surface area contributed by atoms with Crippen molar-refractivity contribution in [3.8, 4) is 5.75 Å². The summed E-state index contributed by atoms with van der Waals surface area (Å²) in [6.45, 7) is 8.44. The first-order chi connectivity index (χ1) is 9.56. The summed E-state index contributed by atoms with van der Waals surface area (Å²) in [6.07, 6.45) is 0. The SMILES string of the molecule is CC(CN1CCOCC1)NC(C)c1ccc(O)cc1F. The van der Waals surface area contributed by atoms with Crippen LogP contribution >= 0.6 is 0 Å². The van der Waals surface area contributed by atoms with Crippen molar-refractivity contribution in [3.63, 3.8) is 0 Å². The number of nitrogens with zero attached hydrogens (tertiary/aromatic N) is 1. The Morgan fingerprint density at radius 1 is 1.35 bits per heavy atom. The Bertz CT molecular complexity index is 436. The lowest BCUT2D eigenvalue weighted by Crippen LogP contribution is -2.45. The van der Waals surface area contributed by atoms with Crippen LogP contribution in [0.15, 0.2) is 18.2 Å². The van der Waals surface area contributed by atoms with E-state index < -0.39 is 0 Å². The fourth-order valence-electron chi connectivity index (χ4n) is 2.61. The minimum atomic E-state index is -0.372. The van der Waals surface area contributed by atoms with Crippen LogP contribution in [-0.4, -0.2) is 48.9 Å². The van der Waals surface area contributed by atoms with Crippen LogP contribution in [0.25, 0.3) is 0 Å². The van der Waals surface area contributed by atoms with Crippen LogP contribution in [0.3, 0.4) is 0 Å². The molecule has 0 aliphatic carbocycles. The van der Waals surface area contributed by atoms with Crippen molar-refractivity contribution in [1.82, 2.24) is 10.2 Å². The summed E-state index contributed by atoms with van der Waals surface area (Å²) in [5.41, 5.74) is 0.580. The lowest BCUT2D eigenvalue weighted by atomic mass is 10.1. The van der Waals surface area contributed by atoms with Gasteiger partial charge in [-0.05, 0) is 19.9 Å². The number of ether oxygens (including phenoxy) is 1. The molecular weight excluding hydrogens is 259 g/mol. The standard InChI is InChI=1S/C15H23FN2O2/c1-11(10-18-5-7-20-8-6-18)17-12(2)14-4-3-13(19)9-15(14)16/h3-4,9,11-12,17,19H,5-8,10H2,1-2H3. The molecule has 0 radical (unpaired) electrons. The second kappa shape index (κ2) is 7.02. The van der Waals surface area contributed by atoms with Crippen molar-refractivity contribution in [2.45, 2.75) is 25.9 Å². The maximum Gasteiger partial charge on any atom is 0.131 e. The molecule has 2 rings (SSSR count). The molecule has 1 saturated heterocycles. The van der Waals surface area contributed by atoms with Crippen LogP contribution in [0.4, 0.5) is 4.39 Å². The topological polar surface area (TPSA) is 44.7 Å². The highest BCUT2D eigenvalue weighted by atomic mass is 19.1. The molecule has 20 heavy (non-hydrogen) atoms. The number of hydrogen-bond acceptors (Lipinski definition) is 4. The van der Waals surface area contributed by atoms with E-state index in [4.69, 9.17) is 4.74 Å². The van der Waals surface area contributed by atoms with Crippen LogP contribution in [-0.2, 0) is 4.74 Å². The number of nitrogens with one attached hydrogen (secondary N) is 1. The number of hydrogen-bond donors (Lipinski definition) is 2. The van der Waals surface area contributed by atoms with Crippen LogP contribution in [0, 0.1) is 5.82 Å². The molecule has 1 aliphatic rings. The quantitative estimate of drug-likeness (QED) is 0.866. The zero-order chi connectivity index (χ0) is 14.5. The van der Waals surface area contributed by atoms with Crippen LogP contribution in [0.2, 0.25) is 0 Å². The highest BCUT2D eigenvalue weighted by Crippen LogP contribution is 2.21. The van der Waals surface area contributed by atoms with Gasteiger partial charge in [-0.2, -0.15) is 0 Å². The van der Waals surface area contributed by atoms with Crippen molar-refractivity contribution < 1.29 is 14.2 Å². The van der Waals surface area contributed by atoms with E-state index in [0.29, 0.717) is 5.56 Å². The molecular formula is C15H23FN2O2. The molecule has 0 aromatic heterocycles. The van der Waals surface area contributed by atoms with Gasteiger partial charge in [0.1, 0.15) is 11.6 Å². The first-order valence-electron chi connectivity index (χ1n) is 7.11. The molecule has 4 nitrogen and oxygen atoms in total. The fraction of sp³-hybridized carbons (Fsp3) is 0.600. The largest absolute Gasteiger partial charge is 0.508 e. The maximum absolute atomic E-state index is 13.8. The van der Waals surface area contributed by atoms with Gasteiger partial charge < -0.3 is 15.2 Å². The van der Waals surface area contributed by atoms with Crippen molar-refractivity contribution >= 4 is 0 Å². The molecule has 1 aliphatic heterocycles. The van der Waals surface area contributed by atoms with Gasteiger partial charge in [0.2, 0.25) is 0 Å². The van der Waals surface area contributed by atoms with Gasteiger partial charge in [-0.1, -0.05) is 6.07 Å². The number of phenolic OH excluding ortho intramolecular Hbond substituents is 1. The molecule has 1 fully saturated rings. The number of rotatable bonds is 5. The number of halogens is 1. The van der Waals surface area contributed by atoms with Crippen molar-refractivity contribution in [1.29, 1.82) is 0 Å². The van der Waals surface area contributed by atoms with Gasteiger partial charge in [0.25, 0.3) is 0 Å². The molecule has 0 spiro atoms. The van der Waals surface area contributed by atoms with Crippen molar-refractivity contribution in [2.75, 3.05) is 32.8 Å². The van der Waals surface area contributed by atoms with Gasteiger partial charge in [-0.15, -0.1) is 0 Å². The molecule has 112 valence electrons. The summed E-state index contributed by atoms with van der Waals surface area (Å²) in [6, 6.07) is 4.47. The first-order valence-corrected chi connectivity index (χ1v) is 7.11. The van der Waals surface area contributed by atoms with E-state index in [2.05, 4.69) is 17.1 Å². The summed E-state index contributed by atoms with van der Waals surface area (Å²) < 4.78 is 19.1. The molecule has 0 saturated carbocycles. The molecule has 5 heteroatoms. The Morgan fingerprint density at radius 3 is 2.70 bits per heavy atom. The van der Waals surface area contributed by atoms with E-state index in [9.17, 15) is 9.50 Å². The zero-order valence-corrected chi connectivity index (χ0v) is 12.1. The highest BCUT2D eigenvalue weighted by molar-refractivity contribution is 5.29. The summed E-state index contributed by atoms with van der Waals surface area (Å²) in [4.78, 5) is 2.35. The van der Waals surface area contributed by atoms with E-state index in [0.717, 1.165) is 38.9 Å². The summed E-state index contributed by atoms with van der Waals surface area (Å²) >= 11 is 0. The normalized spacial score (nSPS) is 19.8. The van der Waals surface area contributed by atoms with Gasteiger partial charge in [0, 0.05) is 43.3 Å². The third kappa shape index (κ3) is 4.16. The minimum Gasteiger partial charge on any atom is -0.508 e. The number of phenols is 1. The second-order valence-corrected chi connectivity index (χ2v) is 5.41. The summed E-state index contributed by atoms with van der Waals surface area (Å²) in [7, 11) is 0. The Kier molecular flexibility index (Phi) is 5.34. The third-order valence-corrected chi connectivity index (χ3v) is 3.62. The summed E-state index contributed by atoms with van der Waals surface area (Å²) in [5, 5.41) is 12.6. The van der Waals surface area contributed by atoms with E-state index in [-0.39, 0.29) is 23.7 Å². The lowest BCUT2D eigenvalue weighted by Gasteiger charge is -2.30. The van der Waals surface area contributed by atoms with E-state index in [1.807, 2.05) is 6.92 Å². The zero-order valence-electron chi connectivity index (χ0n) is 12.1. The average molecular weight is 282 g/mol. The van der Waals surface area contributed by atoms with E-state index in [1.165, 1.54) is 6.07 Å². The number of morpholine rings is 1. The highest BCUT2D eigenvalue weighted by Gasteiger charge is 2.17. The minimum absolute atomic E-state index is 0.0418. The molecule has 1 aromatic rings. The van der Waals surface area contributed by atoms with Crippen molar-refractivity contribution in [3.05, 3.63) is 29.6 Å². The van der Waals surface area contributed by atoms with Gasteiger partial charge >= 0.3 is 0 Å². The molecule has 0 bridgehead atoms. The van der Waals surface area contributed by atoms with Crippen LogP contribution < -0.4 is 5.32 Å². The third-order valence-electron chi connectivity index (χ3n) is 3.62. The molecule has 2 N–H and O–H groups in total. The summed E-state index contributed by atoms with van der Waals surface area (Å²) in [5.74, 6) is -0.414. The smallest absolute Gasteiger partial charge is 0.131 e. The van der Waals surface area contributed by atoms with Gasteiger partial charge in [-0.3, -0.25) is 4.90 Å². The van der Waals surface area contributed by atoms with Gasteiger partial charge in [-0.25, -0.2) is 4.39 Å². The predicted molar refractivity (Wildman–Crippen MR) is 76.3 cm³/mol. The van der Waals surface area contributed by atoms with Crippen LogP contribution in [0.1, 0.15) is 25.5 Å². The molecule has 1 aromatic carbocycles. The average Bonchev–Trinajstić information content (AvgIpc) is 2.39. The Balaban J connectivity index is 1.87. The fourth-order valence-corrected chi connectivity index (χ4v) is 2.61. The predicted octanol–water partition coefficient (Wildman–Crippen LogP) is 1.90. The van der Waals surface area contributed by atoms with Crippen LogP contribution in [0.5, 0.6) is 5.75 Å². The van der Waals surface area contributed by atoms with Crippen molar-refractivity contribution in [2.24, 2.45) is 0 Å². The first kappa shape index (κ1) is 15.2. The molecule has 1 heterocycles. The maximum atomic E-state index is 13.8. The van der Waals surface area contributed by atoms with Gasteiger partial charge in [0.15, 0.2) is 0 Å². The number of aromatic hydroxyl groups is 1. The Hall–Kier alpha value is -1.17. The molecule has 2 atom stereocenters. The number of benzene rings is 1. The second-order valence-electron chi connectivity index (χ2n) is 5.41. The molecule has 2 unspecified atom stereocenters. The molecule has 0 amide bonds. The van der Waals surface area contributed by atoms with Gasteiger partial charge in [0.05, 0.1) is 13.2 Å². The lowest BCUT2D eigenvalue weighted by molar-refractivity contribution is 0.0339. The van der Waals surface area contributed by atoms with E-state index in [1.54, 1.807) is 6.07 Å². The Morgan fingerprint density at radius 2 is 2.05 bits per heavy atom.